The van der Waals surface area contributed by atoms with Crippen LogP contribution in [0.2, 0.25) is 0 Å². The van der Waals surface area contributed by atoms with Crippen molar-refractivity contribution in [1.29, 1.82) is 0 Å². The van der Waals surface area contributed by atoms with Crippen molar-refractivity contribution in [2.45, 2.75) is 19.9 Å². The molecule has 0 radical (unpaired) electrons. The zero-order valence-electron chi connectivity index (χ0n) is 18.8. The number of nitrogens with one attached hydrogen (secondary N) is 1. The van der Waals surface area contributed by atoms with Gasteiger partial charge in [0.1, 0.15) is 5.00 Å². The maximum absolute atomic E-state index is 12.9. The van der Waals surface area contributed by atoms with Crippen LogP contribution in [0.3, 0.4) is 0 Å². The largest absolute Gasteiger partial charge is 0.493 e. The minimum absolute atomic E-state index is 0.0826. The molecule has 1 saturated heterocycles. The highest BCUT2D eigenvalue weighted by atomic mass is 32.1. The van der Waals surface area contributed by atoms with Crippen LogP contribution in [0.4, 0.5) is 5.00 Å². The third kappa shape index (κ3) is 4.41. The van der Waals surface area contributed by atoms with Crippen molar-refractivity contribution in [3.05, 3.63) is 62.2 Å². The number of para-hydroxylation sites is 1. The van der Waals surface area contributed by atoms with Crippen LogP contribution in [0, 0.1) is 13.8 Å². The van der Waals surface area contributed by atoms with Crippen LogP contribution in [-0.4, -0.2) is 51.3 Å². The number of carbonyl (C=O) groups excluding carboxylic acids is 1. The maximum atomic E-state index is 12.9. The number of anilines is 1. The van der Waals surface area contributed by atoms with Crippen molar-refractivity contribution in [2.24, 2.45) is 0 Å². The molecule has 1 aromatic carbocycles. The normalized spacial score (nSPS) is 15.4. The second-order valence-electron chi connectivity index (χ2n) is 7.59. The smallest absolute Gasteiger partial charge is 0.266 e. The van der Waals surface area contributed by atoms with E-state index >= 15 is 0 Å². The molecule has 0 aliphatic carbocycles. The van der Waals surface area contributed by atoms with Gasteiger partial charge in [-0.2, -0.15) is 0 Å². The van der Waals surface area contributed by atoms with Gasteiger partial charge < -0.3 is 19.5 Å². The van der Waals surface area contributed by atoms with Gasteiger partial charge in [0.2, 0.25) is 0 Å². The molecule has 4 rings (SSSR count). The monoisotopic (exact) mass is 472 g/mol. The topological polar surface area (TPSA) is 60.0 Å². The molecular weight excluding hydrogens is 444 g/mol. The summed E-state index contributed by atoms with van der Waals surface area (Å²) in [5, 5.41) is 5.98. The molecule has 1 amide bonds. The fourth-order valence-electron chi connectivity index (χ4n) is 4.14. The van der Waals surface area contributed by atoms with Crippen molar-refractivity contribution in [2.75, 3.05) is 45.8 Å². The van der Waals surface area contributed by atoms with E-state index in [1.807, 2.05) is 29.6 Å². The Kier molecular flexibility index (Phi) is 7.15. The Hall–Kier alpha value is -2.39. The number of carbonyl (C=O) groups is 1. The summed E-state index contributed by atoms with van der Waals surface area (Å²) in [5.74, 6) is 1.32. The number of thiophene rings is 2. The SMILES string of the molecule is COc1cccc([C@H](c2c(NC(=O)c3cccs3)sc(C)c2C)N2CCOCC2)c1OC. The van der Waals surface area contributed by atoms with Gasteiger partial charge in [0.25, 0.3) is 5.91 Å². The Morgan fingerprint density at radius 1 is 1.12 bits per heavy atom. The van der Waals surface area contributed by atoms with Crippen molar-refractivity contribution in [3.63, 3.8) is 0 Å². The lowest BCUT2D eigenvalue weighted by Gasteiger charge is -2.36. The van der Waals surface area contributed by atoms with Gasteiger partial charge in [0.05, 0.1) is 38.4 Å². The molecule has 1 aliphatic heterocycles. The van der Waals surface area contributed by atoms with Crippen LogP contribution in [0.15, 0.2) is 35.7 Å². The Bertz CT molecular complexity index is 1070. The lowest BCUT2D eigenvalue weighted by molar-refractivity contribution is 0.0235. The van der Waals surface area contributed by atoms with Crippen LogP contribution in [0.5, 0.6) is 11.5 Å². The van der Waals surface area contributed by atoms with E-state index in [4.69, 9.17) is 14.2 Å². The third-order valence-corrected chi connectivity index (χ3v) is 7.82. The number of amides is 1. The number of methoxy groups -OCH3 is 2. The molecule has 1 atom stereocenters. The molecule has 0 bridgehead atoms. The highest BCUT2D eigenvalue weighted by molar-refractivity contribution is 7.17. The molecule has 0 saturated carbocycles. The number of benzene rings is 1. The first-order chi connectivity index (χ1) is 15.5. The predicted octanol–water partition coefficient (Wildman–Crippen LogP) is 5.12. The number of morpholine rings is 1. The van der Waals surface area contributed by atoms with E-state index in [0.29, 0.717) is 29.6 Å². The van der Waals surface area contributed by atoms with E-state index in [-0.39, 0.29) is 11.9 Å². The van der Waals surface area contributed by atoms with Gasteiger partial charge in [-0.1, -0.05) is 18.2 Å². The zero-order valence-corrected chi connectivity index (χ0v) is 20.4. The molecule has 0 unspecified atom stereocenters. The van der Waals surface area contributed by atoms with Crippen LogP contribution in [0.25, 0.3) is 0 Å². The Balaban J connectivity index is 1.85. The minimum atomic E-state index is -0.104. The number of rotatable bonds is 7. The minimum Gasteiger partial charge on any atom is -0.493 e. The highest BCUT2D eigenvalue weighted by Crippen LogP contribution is 2.46. The number of nitrogens with zero attached hydrogens (tertiary/aromatic N) is 1. The molecule has 32 heavy (non-hydrogen) atoms. The van der Waals surface area contributed by atoms with E-state index in [1.165, 1.54) is 21.8 Å². The summed E-state index contributed by atoms with van der Waals surface area (Å²) in [6, 6.07) is 9.61. The second-order valence-corrected chi connectivity index (χ2v) is 9.76. The van der Waals surface area contributed by atoms with Gasteiger partial charge in [-0.15, -0.1) is 22.7 Å². The van der Waals surface area contributed by atoms with Gasteiger partial charge in [0.15, 0.2) is 11.5 Å². The number of hydrogen-bond acceptors (Lipinski definition) is 7. The van der Waals surface area contributed by atoms with Gasteiger partial charge in [-0.3, -0.25) is 9.69 Å². The number of aryl methyl sites for hydroxylation is 1. The third-order valence-electron chi connectivity index (χ3n) is 5.82. The number of ether oxygens (including phenoxy) is 3. The fraction of sp³-hybridized carbons (Fsp3) is 0.375. The molecule has 3 heterocycles. The lowest BCUT2D eigenvalue weighted by Crippen LogP contribution is -2.40. The molecule has 6 nitrogen and oxygen atoms in total. The molecule has 0 spiro atoms. The summed E-state index contributed by atoms with van der Waals surface area (Å²) in [6.07, 6.45) is 0. The van der Waals surface area contributed by atoms with Gasteiger partial charge >= 0.3 is 0 Å². The quantitative estimate of drug-likeness (QED) is 0.517. The molecule has 2 aromatic heterocycles. The van der Waals surface area contributed by atoms with Crippen LogP contribution in [0.1, 0.15) is 37.3 Å². The number of hydrogen-bond donors (Lipinski definition) is 1. The Labute approximate surface area is 196 Å². The first kappa shape index (κ1) is 22.8. The fourth-order valence-corrected chi connectivity index (χ4v) is 5.84. The van der Waals surface area contributed by atoms with Crippen molar-refractivity contribution in [1.82, 2.24) is 4.90 Å². The van der Waals surface area contributed by atoms with E-state index in [0.717, 1.165) is 29.2 Å². The molecule has 1 N–H and O–H groups in total. The zero-order chi connectivity index (χ0) is 22.7. The van der Waals surface area contributed by atoms with E-state index in [9.17, 15) is 4.79 Å². The molecule has 1 fully saturated rings. The first-order valence-electron chi connectivity index (χ1n) is 10.5. The summed E-state index contributed by atoms with van der Waals surface area (Å²) in [6.45, 7) is 7.14. The maximum Gasteiger partial charge on any atom is 0.266 e. The molecular formula is C24H28N2O4S2. The highest BCUT2D eigenvalue weighted by Gasteiger charge is 2.33. The second kappa shape index (κ2) is 10.0. The average molecular weight is 473 g/mol. The molecule has 170 valence electrons. The van der Waals surface area contributed by atoms with E-state index in [2.05, 4.69) is 30.1 Å². The van der Waals surface area contributed by atoms with E-state index in [1.54, 1.807) is 25.6 Å². The lowest BCUT2D eigenvalue weighted by atomic mass is 9.93. The Morgan fingerprint density at radius 3 is 2.56 bits per heavy atom. The summed E-state index contributed by atoms with van der Waals surface area (Å²) in [4.78, 5) is 17.2. The van der Waals surface area contributed by atoms with Gasteiger partial charge in [0, 0.05) is 29.1 Å². The predicted molar refractivity (Wildman–Crippen MR) is 130 cm³/mol. The summed E-state index contributed by atoms with van der Waals surface area (Å²) in [5.41, 5.74) is 3.30. The van der Waals surface area contributed by atoms with Crippen molar-refractivity contribution < 1.29 is 19.0 Å². The first-order valence-corrected chi connectivity index (χ1v) is 12.2. The average Bonchev–Trinajstić information content (AvgIpc) is 3.45. The standard InChI is InChI=1S/C24H28N2O4S2/c1-15-16(2)32-24(25-23(27)19-9-6-14-31-19)20(15)21(26-10-12-30-13-11-26)17-7-5-8-18(28-3)22(17)29-4/h5-9,14,21H,10-13H2,1-4H3,(H,25,27)/t21-/m1/s1. The van der Waals surface area contributed by atoms with Gasteiger partial charge in [-0.05, 0) is 36.9 Å². The van der Waals surface area contributed by atoms with Crippen LogP contribution < -0.4 is 14.8 Å². The van der Waals surface area contributed by atoms with Crippen molar-refractivity contribution >= 4 is 33.6 Å². The van der Waals surface area contributed by atoms with E-state index < -0.39 is 0 Å². The molecule has 1 aliphatic rings. The summed E-state index contributed by atoms with van der Waals surface area (Å²) < 4.78 is 17.1. The summed E-state index contributed by atoms with van der Waals surface area (Å²) >= 11 is 3.06. The van der Waals surface area contributed by atoms with Gasteiger partial charge in [-0.25, -0.2) is 0 Å². The Morgan fingerprint density at radius 2 is 1.91 bits per heavy atom. The van der Waals surface area contributed by atoms with Crippen molar-refractivity contribution in [3.8, 4) is 11.5 Å². The van der Waals surface area contributed by atoms with Crippen LogP contribution in [-0.2, 0) is 4.74 Å². The molecule has 3 aromatic rings. The molecule has 8 heteroatoms. The van der Waals surface area contributed by atoms with Crippen LogP contribution >= 0.6 is 22.7 Å². The summed E-state index contributed by atoms with van der Waals surface area (Å²) in [7, 11) is 3.32.